The van der Waals surface area contributed by atoms with Crippen LogP contribution in [0, 0.1) is 6.92 Å². The van der Waals surface area contributed by atoms with Gasteiger partial charge >= 0.3 is 29.6 Å². The van der Waals surface area contributed by atoms with Gasteiger partial charge in [0.2, 0.25) is 5.91 Å². The number of aliphatic carboxylic acids is 1. The molecule has 0 fully saturated rings. The molecular formula is C17H16NNaO4. The van der Waals surface area contributed by atoms with Gasteiger partial charge in [0.05, 0.1) is 5.69 Å². The minimum absolute atomic E-state index is 0. The van der Waals surface area contributed by atoms with Crippen molar-refractivity contribution in [3.05, 3.63) is 54.1 Å². The average molecular weight is 321 g/mol. The fraction of sp³-hybridized carbons (Fsp3) is 0.176. The van der Waals surface area contributed by atoms with Crippen LogP contribution in [0.1, 0.15) is 18.4 Å². The Labute approximate surface area is 157 Å². The Morgan fingerprint density at radius 2 is 1.70 bits per heavy atom. The molecule has 0 aromatic heterocycles. The van der Waals surface area contributed by atoms with Gasteiger partial charge < -0.3 is 20.0 Å². The number of para-hydroxylation sites is 2. The van der Waals surface area contributed by atoms with Crippen molar-refractivity contribution in [2.24, 2.45) is 0 Å². The van der Waals surface area contributed by atoms with Crippen molar-refractivity contribution in [3.63, 3.8) is 0 Å². The first-order valence-corrected chi connectivity index (χ1v) is 6.88. The van der Waals surface area contributed by atoms with E-state index < -0.39 is 11.9 Å². The van der Waals surface area contributed by atoms with Gasteiger partial charge in [-0.2, -0.15) is 0 Å². The minimum Gasteiger partial charge on any atom is -0.550 e. The predicted octanol–water partition coefficient (Wildman–Crippen LogP) is -0.740. The maximum Gasteiger partial charge on any atom is 1.00 e. The number of anilines is 1. The zero-order valence-electron chi connectivity index (χ0n) is 13.2. The number of carbonyl (C=O) groups is 2. The molecule has 0 aliphatic carbocycles. The molecule has 6 heteroatoms. The fourth-order valence-electron chi connectivity index (χ4n) is 1.82. The number of carbonyl (C=O) groups excluding carboxylic acids is 2. The van der Waals surface area contributed by atoms with Crippen LogP contribution >= 0.6 is 0 Å². The van der Waals surface area contributed by atoms with Gasteiger partial charge in [-0.05, 0) is 37.6 Å². The average Bonchev–Trinajstić information content (AvgIpc) is 2.49. The number of hydrogen-bond acceptors (Lipinski definition) is 4. The summed E-state index contributed by atoms with van der Waals surface area (Å²) in [4.78, 5) is 22.1. The quantitative estimate of drug-likeness (QED) is 0.711. The van der Waals surface area contributed by atoms with E-state index in [9.17, 15) is 14.7 Å². The van der Waals surface area contributed by atoms with Crippen LogP contribution in [0.25, 0.3) is 0 Å². The molecule has 0 heterocycles. The van der Waals surface area contributed by atoms with Crippen molar-refractivity contribution in [2.75, 3.05) is 5.32 Å². The van der Waals surface area contributed by atoms with Crippen LogP contribution in [0.5, 0.6) is 11.5 Å². The molecule has 2 aromatic carbocycles. The summed E-state index contributed by atoms with van der Waals surface area (Å²) in [7, 11) is 0. The molecule has 0 radical (unpaired) electrons. The van der Waals surface area contributed by atoms with Crippen LogP contribution in [0.15, 0.2) is 48.5 Å². The molecular weight excluding hydrogens is 305 g/mol. The summed E-state index contributed by atoms with van der Waals surface area (Å²) in [6.45, 7) is 1.98. The van der Waals surface area contributed by atoms with E-state index in [2.05, 4.69) is 5.32 Å². The first-order chi connectivity index (χ1) is 10.5. The van der Waals surface area contributed by atoms with Crippen LogP contribution < -0.4 is 44.7 Å². The van der Waals surface area contributed by atoms with E-state index >= 15 is 0 Å². The molecule has 0 aliphatic heterocycles. The van der Waals surface area contributed by atoms with Crippen molar-refractivity contribution in [1.82, 2.24) is 0 Å². The van der Waals surface area contributed by atoms with Gasteiger partial charge in [-0.3, -0.25) is 4.79 Å². The molecule has 0 saturated carbocycles. The molecule has 23 heavy (non-hydrogen) atoms. The van der Waals surface area contributed by atoms with Crippen LogP contribution in [0.4, 0.5) is 5.69 Å². The molecule has 1 N–H and O–H groups in total. The molecule has 2 aromatic rings. The van der Waals surface area contributed by atoms with Crippen molar-refractivity contribution in [3.8, 4) is 11.5 Å². The largest absolute Gasteiger partial charge is 1.00 e. The Balaban J connectivity index is 0.00000264. The van der Waals surface area contributed by atoms with Gasteiger partial charge in [0.1, 0.15) is 5.75 Å². The Hall–Kier alpha value is -1.82. The summed E-state index contributed by atoms with van der Waals surface area (Å²) in [5.41, 5.74) is 1.61. The molecule has 0 unspecified atom stereocenters. The van der Waals surface area contributed by atoms with Crippen LogP contribution in [-0.2, 0) is 9.59 Å². The number of amides is 1. The summed E-state index contributed by atoms with van der Waals surface area (Å²) >= 11 is 0. The molecule has 0 aliphatic rings. The van der Waals surface area contributed by atoms with Crippen LogP contribution in [0.3, 0.4) is 0 Å². The van der Waals surface area contributed by atoms with E-state index in [0.717, 1.165) is 5.56 Å². The molecule has 5 nitrogen and oxygen atoms in total. The van der Waals surface area contributed by atoms with Gasteiger partial charge in [0.25, 0.3) is 0 Å². The number of rotatable bonds is 6. The standard InChI is InChI=1S/C17H17NO4.Na/c1-12-6-8-13(9-7-12)22-15-5-3-2-4-14(15)18-16(19)10-11-17(20)21;/h2-9H,10-11H2,1H3,(H,18,19)(H,20,21);/q;+1/p-1. The topological polar surface area (TPSA) is 78.5 Å². The predicted molar refractivity (Wildman–Crippen MR) is 80.6 cm³/mol. The first kappa shape index (κ1) is 19.2. The van der Waals surface area contributed by atoms with Crippen molar-refractivity contribution in [2.45, 2.75) is 19.8 Å². The molecule has 0 bridgehead atoms. The number of ether oxygens (including phenoxy) is 1. The summed E-state index contributed by atoms with van der Waals surface area (Å²) in [5, 5.41) is 13.0. The number of benzene rings is 2. The second kappa shape index (κ2) is 9.35. The minimum atomic E-state index is -1.25. The zero-order chi connectivity index (χ0) is 15.9. The number of carboxylic acids is 1. The van der Waals surface area contributed by atoms with E-state index in [1.54, 1.807) is 24.3 Å². The second-order valence-electron chi connectivity index (χ2n) is 4.83. The fourth-order valence-corrected chi connectivity index (χ4v) is 1.82. The maximum absolute atomic E-state index is 11.7. The van der Waals surface area contributed by atoms with Gasteiger partial charge in [-0.1, -0.05) is 29.8 Å². The van der Waals surface area contributed by atoms with Gasteiger partial charge in [-0.15, -0.1) is 0 Å². The SMILES string of the molecule is Cc1ccc(Oc2ccccc2NC(=O)CCC(=O)[O-])cc1.[Na+]. The Bertz CT molecular complexity index is 671. The first-order valence-electron chi connectivity index (χ1n) is 6.88. The number of nitrogens with one attached hydrogen (secondary N) is 1. The Kier molecular flexibility index (Phi) is 7.81. The molecule has 2 rings (SSSR count). The zero-order valence-corrected chi connectivity index (χ0v) is 15.2. The molecule has 1 amide bonds. The van der Waals surface area contributed by atoms with E-state index in [-0.39, 0.29) is 42.4 Å². The number of aryl methyl sites for hydroxylation is 1. The third kappa shape index (κ3) is 6.44. The van der Waals surface area contributed by atoms with Crippen molar-refractivity contribution >= 4 is 17.6 Å². The van der Waals surface area contributed by atoms with Crippen LogP contribution in [0.2, 0.25) is 0 Å². The van der Waals surface area contributed by atoms with Crippen LogP contribution in [-0.4, -0.2) is 11.9 Å². The van der Waals surface area contributed by atoms with E-state index in [1.165, 1.54) is 0 Å². The number of carboxylic acid groups (broad SMARTS) is 1. The van der Waals surface area contributed by atoms with E-state index in [4.69, 9.17) is 4.74 Å². The maximum atomic E-state index is 11.7. The number of hydrogen-bond donors (Lipinski definition) is 1. The summed E-state index contributed by atoms with van der Waals surface area (Å²) in [5.74, 6) is -0.501. The van der Waals surface area contributed by atoms with Crippen molar-refractivity contribution in [1.29, 1.82) is 0 Å². The summed E-state index contributed by atoms with van der Waals surface area (Å²) < 4.78 is 5.75. The monoisotopic (exact) mass is 321 g/mol. The van der Waals surface area contributed by atoms with E-state index in [1.807, 2.05) is 31.2 Å². The van der Waals surface area contributed by atoms with E-state index in [0.29, 0.717) is 17.2 Å². The molecule has 0 spiro atoms. The molecule has 0 saturated heterocycles. The normalized spacial score (nSPS) is 9.61. The Morgan fingerprint density at radius 1 is 1.04 bits per heavy atom. The molecule has 0 atom stereocenters. The second-order valence-corrected chi connectivity index (χ2v) is 4.83. The van der Waals surface area contributed by atoms with Crippen molar-refractivity contribution < 1.29 is 49.0 Å². The smallest absolute Gasteiger partial charge is 0.550 e. The van der Waals surface area contributed by atoms with Gasteiger partial charge in [0, 0.05) is 12.4 Å². The third-order valence-corrected chi connectivity index (χ3v) is 2.97. The summed E-state index contributed by atoms with van der Waals surface area (Å²) in [6.07, 6.45) is -0.450. The summed E-state index contributed by atoms with van der Waals surface area (Å²) in [6, 6.07) is 14.5. The Morgan fingerprint density at radius 3 is 2.35 bits per heavy atom. The van der Waals surface area contributed by atoms with Gasteiger partial charge in [0.15, 0.2) is 5.75 Å². The van der Waals surface area contributed by atoms with Gasteiger partial charge in [-0.25, -0.2) is 0 Å². The third-order valence-electron chi connectivity index (χ3n) is 2.97. The molecule has 114 valence electrons.